The van der Waals surface area contributed by atoms with Gasteiger partial charge in [0.1, 0.15) is 12.2 Å². The minimum Gasteiger partial charge on any atom is -0.476 e. The molecule has 0 bridgehead atoms. The molecule has 7 nitrogen and oxygen atoms in total. The Labute approximate surface area is 192 Å². The van der Waals surface area contributed by atoms with E-state index in [0.29, 0.717) is 38.4 Å². The minimum absolute atomic E-state index is 0.107. The smallest absolute Gasteiger partial charge is 0.338 e. The molecule has 0 atom stereocenters. The van der Waals surface area contributed by atoms with Gasteiger partial charge >= 0.3 is 5.97 Å². The molecular weight excluding hydrogens is 446 g/mol. The number of nitrogens with one attached hydrogen (secondary N) is 1. The summed E-state index contributed by atoms with van der Waals surface area (Å²) in [6.45, 7) is -0.277. The van der Waals surface area contributed by atoms with Crippen LogP contribution in [-0.4, -0.2) is 18.5 Å². The molecule has 1 aliphatic heterocycles. The van der Waals surface area contributed by atoms with Crippen LogP contribution in [0.5, 0.6) is 5.75 Å². The van der Waals surface area contributed by atoms with Crippen LogP contribution in [0.3, 0.4) is 0 Å². The molecule has 1 aliphatic rings. The molecule has 4 aromatic rings. The van der Waals surface area contributed by atoms with Gasteiger partial charge in [-0.25, -0.2) is 4.79 Å². The highest BCUT2D eigenvalue weighted by molar-refractivity contribution is 6.33. The lowest BCUT2D eigenvalue weighted by Gasteiger charge is -2.13. The van der Waals surface area contributed by atoms with Crippen molar-refractivity contribution in [3.8, 4) is 17.1 Å². The number of halogens is 1. The summed E-state index contributed by atoms with van der Waals surface area (Å²) in [6.07, 6.45) is 0. The van der Waals surface area contributed by atoms with Crippen molar-refractivity contribution in [2.24, 2.45) is 0 Å². The second-order valence-electron chi connectivity index (χ2n) is 7.35. The topological polar surface area (TPSA) is 94.8 Å². The Bertz CT molecular complexity index is 1480. The third-order valence-corrected chi connectivity index (χ3v) is 5.52. The van der Waals surface area contributed by atoms with Gasteiger partial charge in [-0.05, 0) is 42.5 Å². The zero-order valence-electron chi connectivity index (χ0n) is 17.1. The van der Waals surface area contributed by atoms with Gasteiger partial charge in [0.25, 0.3) is 5.91 Å². The van der Waals surface area contributed by atoms with Gasteiger partial charge in [0.05, 0.1) is 16.0 Å². The predicted molar refractivity (Wildman–Crippen MR) is 123 cm³/mol. The molecule has 5 rings (SSSR count). The summed E-state index contributed by atoms with van der Waals surface area (Å²) >= 11 is 6.33. The van der Waals surface area contributed by atoms with Crippen molar-refractivity contribution in [2.75, 3.05) is 11.9 Å². The fourth-order valence-electron chi connectivity index (χ4n) is 3.62. The summed E-state index contributed by atoms with van der Waals surface area (Å²) < 4.78 is 16.6. The number of esters is 1. The summed E-state index contributed by atoms with van der Waals surface area (Å²) in [5.74, 6) is -0.839. The van der Waals surface area contributed by atoms with Gasteiger partial charge in [0.2, 0.25) is 11.2 Å². The molecule has 0 saturated carbocycles. The van der Waals surface area contributed by atoms with Gasteiger partial charge in [0.15, 0.2) is 12.4 Å². The first-order valence-corrected chi connectivity index (χ1v) is 10.4. The molecule has 0 radical (unpaired) electrons. The Morgan fingerprint density at radius 3 is 2.64 bits per heavy atom. The third-order valence-electron chi connectivity index (χ3n) is 5.19. The summed E-state index contributed by atoms with van der Waals surface area (Å²) in [4.78, 5) is 37.3. The van der Waals surface area contributed by atoms with Gasteiger partial charge in [-0.3, -0.25) is 9.59 Å². The van der Waals surface area contributed by atoms with Crippen molar-refractivity contribution < 1.29 is 23.5 Å². The molecule has 0 aliphatic carbocycles. The van der Waals surface area contributed by atoms with E-state index in [1.807, 2.05) is 0 Å². The van der Waals surface area contributed by atoms with Gasteiger partial charge in [-0.2, -0.15) is 0 Å². The number of carbonyl (C=O) groups is 2. The van der Waals surface area contributed by atoms with E-state index < -0.39 is 17.9 Å². The minimum atomic E-state index is -0.488. The van der Waals surface area contributed by atoms with Crippen LogP contribution in [0.15, 0.2) is 75.9 Å². The molecule has 8 heteroatoms. The molecule has 1 amide bonds. The van der Waals surface area contributed by atoms with Crippen LogP contribution in [0, 0.1) is 0 Å². The molecule has 0 unspecified atom stereocenters. The molecule has 0 saturated heterocycles. The number of hydrogen-bond donors (Lipinski definition) is 1. The molecule has 0 spiro atoms. The average Bonchev–Trinajstić information content (AvgIpc) is 3.19. The van der Waals surface area contributed by atoms with E-state index in [1.165, 1.54) is 0 Å². The number of anilines is 1. The highest BCUT2D eigenvalue weighted by atomic mass is 35.5. The number of fused-ring (bicyclic) bond motifs is 2. The molecule has 33 heavy (non-hydrogen) atoms. The Kier molecular flexibility index (Phi) is 5.32. The van der Waals surface area contributed by atoms with E-state index in [4.69, 9.17) is 25.5 Å². The van der Waals surface area contributed by atoms with E-state index in [0.717, 1.165) is 0 Å². The number of para-hydroxylation sites is 1. The van der Waals surface area contributed by atoms with Crippen molar-refractivity contribution in [3.63, 3.8) is 0 Å². The van der Waals surface area contributed by atoms with Crippen LogP contribution in [-0.2, 0) is 16.1 Å². The second kappa shape index (κ2) is 8.44. The zero-order chi connectivity index (χ0) is 22.9. The Morgan fingerprint density at radius 2 is 1.79 bits per heavy atom. The summed E-state index contributed by atoms with van der Waals surface area (Å²) in [6, 6.07) is 18.5. The van der Waals surface area contributed by atoms with E-state index in [2.05, 4.69) is 5.32 Å². The van der Waals surface area contributed by atoms with Crippen LogP contribution in [0.25, 0.3) is 22.3 Å². The van der Waals surface area contributed by atoms with Crippen molar-refractivity contribution in [1.29, 1.82) is 0 Å². The maximum atomic E-state index is 13.2. The first-order chi connectivity index (χ1) is 16.0. The number of carbonyl (C=O) groups excluding carboxylic acids is 2. The fraction of sp³-hybridized carbons (Fsp3) is 0.0800. The number of cyclic esters (lactones) is 1. The van der Waals surface area contributed by atoms with Crippen LogP contribution in [0.1, 0.15) is 15.9 Å². The van der Waals surface area contributed by atoms with E-state index in [9.17, 15) is 14.4 Å². The van der Waals surface area contributed by atoms with Gasteiger partial charge in [-0.1, -0.05) is 35.9 Å². The lowest BCUT2D eigenvalue weighted by Crippen LogP contribution is -2.22. The van der Waals surface area contributed by atoms with Crippen molar-refractivity contribution in [2.45, 2.75) is 6.61 Å². The third kappa shape index (κ3) is 3.94. The number of amides is 1. The van der Waals surface area contributed by atoms with Crippen LogP contribution < -0.4 is 15.5 Å². The monoisotopic (exact) mass is 461 g/mol. The SMILES string of the molecule is O=C(COc1c(-c2ccccc2Cl)oc2ccccc2c1=O)Nc1ccc2c(c1)COC2=O. The second-order valence-corrected chi connectivity index (χ2v) is 7.76. The maximum absolute atomic E-state index is 13.2. The fourth-order valence-corrected chi connectivity index (χ4v) is 3.85. The summed E-state index contributed by atoms with van der Waals surface area (Å²) in [5, 5.41) is 3.40. The molecule has 3 aromatic carbocycles. The van der Waals surface area contributed by atoms with Crippen LogP contribution in [0.2, 0.25) is 5.02 Å². The molecule has 164 valence electrons. The summed E-state index contributed by atoms with van der Waals surface area (Å²) in [5.41, 5.74) is 2.09. The van der Waals surface area contributed by atoms with Gasteiger partial charge in [0, 0.05) is 16.8 Å². The highest BCUT2D eigenvalue weighted by Crippen LogP contribution is 2.35. The van der Waals surface area contributed by atoms with Crippen LogP contribution >= 0.6 is 11.6 Å². The standard InChI is InChI=1S/C25H16ClNO6/c26-19-7-3-1-5-17(19)23-24(22(29)18-6-2-4-8-20(18)33-23)31-13-21(28)27-15-9-10-16-14(11-15)12-32-25(16)30/h1-11H,12-13H2,(H,27,28). The number of ether oxygens (including phenoxy) is 2. The Balaban J connectivity index is 1.44. The van der Waals surface area contributed by atoms with E-state index in [-0.39, 0.29) is 24.1 Å². The lowest BCUT2D eigenvalue weighted by molar-refractivity contribution is -0.118. The zero-order valence-corrected chi connectivity index (χ0v) is 17.8. The van der Waals surface area contributed by atoms with E-state index in [1.54, 1.807) is 66.7 Å². The first kappa shape index (κ1) is 20.8. The molecule has 0 fully saturated rings. The lowest BCUT2D eigenvalue weighted by atomic mass is 10.1. The highest BCUT2D eigenvalue weighted by Gasteiger charge is 2.22. The normalized spacial score (nSPS) is 12.3. The molecular formula is C25H16ClNO6. The molecule has 1 N–H and O–H groups in total. The van der Waals surface area contributed by atoms with Gasteiger partial charge < -0.3 is 19.2 Å². The average molecular weight is 462 g/mol. The Morgan fingerprint density at radius 1 is 1.00 bits per heavy atom. The molecule has 2 heterocycles. The number of hydrogen-bond acceptors (Lipinski definition) is 6. The van der Waals surface area contributed by atoms with Crippen molar-refractivity contribution >= 4 is 40.1 Å². The predicted octanol–water partition coefficient (Wildman–Crippen LogP) is 4.80. The van der Waals surface area contributed by atoms with Gasteiger partial charge in [-0.15, -0.1) is 0 Å². The summed E-state index contributed by atoms with van der Waals surface area (Å²) in [7, 11) is 0. The quantitative estimate of drug-likeness (QED) is 0.429. The first-order valence-electron chi connectivity index (χ1n) is 10.0. The maximum Gasteiger partial charge on any atom is 0.338 e. The number of rotatable bonds is 5. The largest absolute Gasteiger partial charge is 0.476 e. The van der Waals surface area contributed by atoms with Crippen molar-refractivity contribution in [3.05, 3.63) is 93.1 Å². The van der Waals surface area contributed by atoms with E-state index >= 15 is 0 Å². The number of benzene rings is 3. The van der Waals surface area contributed by atoms with Crippen molar-refractivity contribution in [1.82, 2.24) is 0 Å². The molecule has 1 aromatic heterocycles. The van der Waals surface area contributed by atoms with Crippen LogP contribution in [0.4, 0.5) is 5.69 Å². The Hall–Kier alpha value is -4.10.